The van der Waals surface area contributed by atoms with Crippen molar-refractivity contribution >= 4 is 29.4 Å². The normalized spacial score (nSPS) is 14.9. The van der Waals surface area contributed by atoms with Gasteiger partial charge in [0.15, 0.2) is 0 Å². The molecule has 1 aromatic heterocycles. The molecule has 1 atom stereocenters. The fourth-order valence-corrected chi connectivity index (χ4v) is 6.29. The molecular weight excluding hydrogens is 536 g/mol. The monoisotopic (exact) mass is 570 g/mol. The molecule has 212 valence electrons. The van der Waals surface area contributed by atoms with Crippen molar-refractivity contribution in [2.75, 3.05) is 44.6 Å². The van der Waals surface area contributed by atoms with Crippen LogP contribution in [0.25, 0.3) is 16.9 Å². The van der Waals surface area contributed by atoms with E-state index >= 15 is 0 Å². The molecule has 41 heavy (non-hydrogen) atoms. The molecule has 1 aliphatic heterocycles. The summed E-state index contributed by atoms with van der Waals surface area (Å²) in [4.78, 5) is 28.6. The summed E-state index contributed by atoms with van der Waals surface area (Å²) in [5.74, 6) is 1.12. The molecule has 0 spiro atoms. The Hall–Kier alpha value is -4.08. The first-order chi connectivity index (χ1) is 20.0. The summed E-state index contributed by atoms with van der Waals surface area (Å²) >= 11 is 1.52. The van der Waals surface area contributed by atoms with E-state index in [-0.39, 0.29) is 29.4 Å². The number of anilines is 1. The number of methoxy groups -OCH3 is 2. The quantitative estimate of drug-likeness (QED) is 0.265. The number of carbonyl (C=O) groups is 2. The molecular formula is C32H34N4O4S. The van der Waals surface area contributed by atoms with Gasteiger partial charge in [-0.1, -0.05) is 66.7 Å². The summed E-state index contributed by atoms with van der Waals surface area (Å²) in [7, 11) is 3.29. The van der Waals surface area contributed by atoms with Gasteiger partial charge in [0.1, 0.15) is 18.1 Å². The number of nitrogens with zero attached hydrogens (tertiary/aromatic N) is 3. The van der Waals surface area contributed by atoms with Crippen LogP contribution in [0.15, 0.2) is 78.9 Å². The summed E-state index contributed by atoms with van der Waals surface area (Å²) in [6.07, 6.45) is 0.687. The van der Waals surface area contributed by atoms with Crippen LogP contribution in [0.2, 0.25) is 0 Å². The average Bonchev–Trinajstić information content (AvgIpc) is 3.32. The van der Waals surface area contributed by atoms with E-state index in [4.69, 9.17) is 14.6 Å². The Balaban J connectivity index is 1.74. The number of rotatable bonds is 10. The lowest BCUT2D eigenvalue weighted by atomic mass is 9.99. The Morgan fingerprint density at radius 1 is 1.02 bits per heavy atom. The molecule has 0 fully saturated rings. The number of thioether (sulfide) groups is 1. The van der Waals surface area contributed by atoms with Crippen LogP contribution in [0.1, 0.15) is 28.4 Å². The number of hydrogen-bond acceptors (Lipinski definition) is 6. The van der Waals surface area contributed by atoms with E-state index in [2.05, 4.69) is 5.32 Å². The third kappa shape index (κ3) is 6.01. The minimum atomic E-state index is -0.271. The number of aromatic nitrogens is 2. The highest BCUT2D eigenvalue weighted by molar-refractivity contribution is 8.00. The van der Waals surface area contributed by atoms with Gasteiger partial charge in [-0.05, 0) is 31.0 Å². The van der Waals surface area contributed by atoms with Crippen LogP contribution < -0.4 is 15.0 Å². The zero-order valence-corrected chi connectivity index (χ0v) is 24.3. The van der Waals surface area contributed by atoms with Crippen LogP contribution in [-0.4, -0.2) is 61.3 Å². The molecule has 1 aliphatic rings. The molecule has 5 rings (SSSR count). The molecule has 9 heteroatoms. The van der Waals surface area contributed by atoms with E-state index in [0.29, 0.717) is 25.4 Å². The van der Waals surface area contributed by atoms with Crippen molar-refractivity contribution in [2.45, 2.75) is 18.6 Å². The van der Waals surface area contributed by atoms with Crippen molar-refractivity contribution in [1.29, 1.82) is 0 Å². The molecule has 1 N–H and O–H groups in total. The SMILES string of the molecule is COCCCNC(=O)CN1C(=O)CS[C@H](c2ccccc2OC)c2c(-c3ccccc3)nn(-c3ccccc3C)c21. The Kier molecular flexibility index (Phi) is 9.06. The fraction of sp³-hybridized carbons (Fsp3) is 0.281. The number of nitrogens with one attached hydrogen (secondary N) is 1. The van der Waals surface area contributed by atoms with Gasteiger partial charge in [0, 0.05) is 37.0 Å². The molecule has 0 unspecified atom stereocenters. The summed E-state index contributed by atoms with van der Waals surface area (Å²) in [6.45, 7) is 2.91. The Labute approximate surface area is 244 Å². The van der Waals surface area contributed by atoms with Gasteiger partial charge in [-0.15, -0.1) is 11.8 Å². The van der Waals surface area contributed by atoms with Crippen LogP contribution in [0.4, 0.5) is 5.82 Å². The van der Waals surface area contributed by atoms with Crippen molar-refractivity contribution in [1.82, 2.24) is 15.1 Å². The highest BCUT2D eigenvalue weighted by Crippen LogP contribution is 2.50. The zero-order valence-electron chi connectivity index (χ0n) is 23.5. The number of benzene rings is 3. The van der Waals surface area contributed by atoms with Crippen molar-refractivity contribution in [3.8, 4) is 22.7 Å². The molecule has 0 saturated heterocycles. The third-order valence-electron chi connectivity index (χ3n) is 7.05. The summed E-state index contributed by atoms with van der Waals surface area (Å²) < 4.78 is 12.7. The van der Waals surface area contributed by atoms with Crippen molar-refractivity contribution in [2.24, 2.45) is 0 Å². The maximum absolute atomic E-state index is 13.9. The Bertz CT molecular complexity index is 1520. The number of amides is 2. The molecule has 8 nitrogen and oxygen atoms in total. The average molecular weight is 571 g/mol. The number of ether oxygens (including phenoxy) is 2. The predicted molar refractivity (Wildman–Crippen MR) is 163 cm³/mol. The highest BCUT2D eigenvalue weighted by atomic mass is 32.2. The van der Waals surface area contributed by atoms with E-state index in [0.717, 1.165) is 39.4 Å². The number of hydrogen-bond donors (Lipinski definition) is 1. The van der Waals surface area contributed by atoms with E-state index in [1.165, 1.54) is 11.8 Å². The van der Waals surface area contributed by atoms with Gasteiger partial charge >= 0.3 is 0 Å². The lowest BCUT2D eigenvalue weighted by molar-refractivity contribution is -0.122. The number of carbonyl (C=O) groups excluding carboxylic acids is 2. The van der Waals surface area contributed by atoms with Gasteiger partial charge in [0.05, 0.1) is 29.5 Å². The third-order valence-corrected chi connectivity index (χ3v) is 8.29. The van der Waals surface area contributed by atoms with E-state index in [9.17, 15) is 9.59 Å². The number of para-hydroxylation sites is 2. The Morgan fingerprint density at radius 3 is 2.51 bits per heavy atom. The number of aryl methyl sites for hydroxylation is 1. The molecule has 0 aliphatic carbocycles. The largest absolute Gasteiger partial charge is 0.496 e. The minimum Gasteiger partial charge on any atom is -0.496 e. The lowest BCUT2D eigenvalue weighted by Gasteiger charge is -2.24. The highest BCUT2D eigenvalue weighted by Gasteiger charge is 2.38. The van der Waals surface area contributed by atoms with Gasteiger partial charge in [-0.25, -0.2) is 4.68 Å². The van der Waals surface area contributed by atoms with Crippen LogP contribution in [0.3, 0.4) is 0 Å². The fourth-order valence-electron chi connectivity index (χ4n) is 5.07. The van der Waals surface area contributed by atoms with Gasteiger partial charge in [0.25, 0.3) is 0 Å². The van der Waals surface area contributed by atoms with E-state index in [1.54, 1.807) is 19.1 Å². The van der Waals surface area contributed by atoms with Crippen LogP contribution in [0, 0.1) is 6.92 Å². The first-order valence-corrected chi connectivity index (χ1v) is 14.6. The molecule has 2 heterocycles. The number of fused-ring (bicyclic) bond motifs is 1. The second-order valence-electron chi connectivity index (χ2n) is 9.76. The summed E-state index contributed by atoms with van der Waals surface area (Å²) in [6, 6.07) is 25.8. The smallest absolute Gasteiger partial charge is 0.240 e. The maximum atomic E-state index is 13.9. The molecule has 4 aromatic rings. The molecule has 0 bridgehead atoms. The summed E-state index contributed by atoms with van der Waals surface area (Å²) in [5.41, 5.74) is 5.34. The molecule has 3 aromatic carbocycles. The van der Waals surface area contributed by atoms with E-state index < -0.39 is 0 Å². The van der Waals surface area contributed by atoms with Gasteiger partial charge in [0.2, 0.25) is 11.8 Å². The van der Waals surface area contributed by atoms with Crippen LogP contribution >= 0.6 is 11.8 Å². The first kappa shape index (κ1) is 28.4. The topological polar surface area (TPSA) is 85.7 Å². The standard InChI is InChI=1S/C32H34N4O4S/c1-22-12-7-9-16-25(22)36-32-29(30(34-36)23-13-5-4-6-14-23)31(24-15-8-10-17-26(24)40-3)41-21-28(38)35(32)20-27(37)33-18-11-19-39-2/h4-10,12-17,31H,11,18-21H2,1-3H3,(H,33,37)/t31-/m1/s1. The second kappa shape index (κ2) is 13.1. The molecule has 2 amide bonds. The van der Waals surface area contributed by atoms with Crippen LogP contribution in [-0.2, 0) is 14.3 Å². The lowest BCUT2D eigenvalue weighted by Crippen LogP contribution is -2.42. The van der Waals surface area contributed by atoms with Crippen molar-refractivity contribution < 1.29 is 19.1 Å². The van der Waals surface area contributed by atoms with Gasteiger partial charge < -0.3 is 14.8 Å². The predicted octanol–water partition coefficient (Wildman–Crippen LogP) is 5.18. The first-order valence-electron chi connectivity index (χ1n) is 13.6. The van der Waals surface area contributed by atoms with E-state index in [1.807, 2.05) is 90.5 Å². The van der Waals surface area contributed by atoms with Crippen LogP contribution in [0.5, 0.6) is 5.75 Å². The Morgan fingerprint density at radius 2 is 1.76 bits per heavy atom. The van der Waals surface area contributed by atoms with Crippen molar-refractivity contribution in [3.05, 3.63) is 95.6 Å². The molecule has 0 radical (unpaired) electrons. The maximum Gasteiger partial charge on any atom is 0.240 e. The zero-order chi connectivity index (χ0) is 28.8. The van der Waals surface area contributed by atoms with Crippen molar-refractivity contribution in [3.63, 3.8) is 0 Å². The minimum absolute atomic E-state index is 0.121. The second-order valence-corrected chi connectivity index (χ2v) is 10.9. The van der Waals surface area contributed by atoms with Gasteiger partial charge in [-0.2, -0.15) is 5.10 Å². The summed E-state index contributed by atoms with van der Waals surface area (Å²) in [5, 5.41) is 7.83. The molecule has 0 saturated carbocycles. The van der Waals surface area contributed by atoms with Gasteiger partial charge in [-0.3, -0.25) is 14.5 Å².